The number of carbonyl (C=O) groups excluding carboxylic acids is 1. The van der Waals surface area contributed by atoms with Gasteiger partial charge in [-0.15, -0.1) is 0 Å². The minimum absolute atomic E-state index is 0.000796. The summed E-state index contributed by atoms with van der Waals surface area (Å²) in [6.07, 6.45) is 0.485. The zero-order chi connectivity index (χ0) is 20.3. The molecule has 0 fully saturated rings. The highest BCUT2D eigenvalue weighted by atomic mass is 16.5. The van der Waals surface area contributed by atoms with Gasteiger partial charge in [0, 0.05) is 6.54 Å². The van der Waals surface area contributed by atoms with Gasteiger partial charge in [-0.1, -0.05) is 36.4 Å². The number of hydrogen-bond acceptors (Lipinski definition) is 5. The number of benzene rings is 2. The van der Waals surface area contributed by atoms with Crippen molar-refractivity contribution in [2.45, 2.75) is 25.3 Å². The first kappa shape index (κ1) is 19.9. The highest BCUT2D eigenvalue weighted by molar-refractivity contribution is 6.47. The molecule has 2 aromatic carbocycles. The van der Waals surface area contributed by atoms with E-state index in [1.807, 2.05) is 38.4 Å². The molecule has 1 atom stereocenters. The topological polar surface area (TPSA) is 99.1 Å². The first-order chi connectivity index (χ1) is 13.3. The van der Waals surface area contributed by atoms with Crippen LogP contribution in [-0.4, -0.2) is 54.1 Å². The maximum Gasteiger partial charge on any atom is 0.547 e. The van der Waals surface area contributed by atoms with E-state index in [1.54, 1.807) is 12.1 Å². The Bertz CT molecular complexity index is 869. The number of fused-ring (bicyclic) bond motifs is 1. The van der Waals surface area contributed by atoms with Crippen molar-refractivity contribution in [2.24, 2.45) is 0 Å². The van der Waals surface area contributed by atoms with Crippen molar-refractivity contribution < 1.29 is 24.4 Å². The summed E-state index contributed by atoms with van der Waals surface area (Å²) in [5.41, 5.74) is 2.68. The first-order valence-corrected chi connectivity index (χ1v) is 9.05. The Balaban J connectivity index is 1.63. The molecule has 28 heavy (non-hydrogen) atoms. The average molecular weight is 382 g/mol. The molecule has 8 heteroatoms. The van der Waals surface area contributed by atoms with Gasteiger partial charge in [0.1, 0.15) is 5.75 Å². The lowest BCUT2D eigenvalue weighted by atomic mass is 9.72. The summed E-state index contributed by atoms with van der Waals surface area (Å²) in [4.78, 5) is 25.8. The van der Waals surface area contributed by atoms with Crippen molar-refractivity contribution in [1.29, 1.82) is 0 Å². The number of carboxylic acid groups (broad SMARTS) is 1. The molecule has 1 amide bonds. The van der Waals surface area contributed by atoms with Gasteiger partial charge in [-0.05, 0) is 43.3 Å². The highest BCUT2D eigenvalue weighted by Crippen LogP contribution is 2.30. The van der Waals surface area contributed by atoms with Crippen LogP contribution in [0.25, 0.3) is 0 Å². The Morgan fingerprint density at radius 2 is 1.86 bits per heavy atom. The molecule has 0 aliphatic carbocycles. The SMILES string of the molecule is CN(C)Cc1ccc(CC(=O)N[C@H]2Cc3cccc(C(=O)O)c3OB2O)cc1. The lowest BCUT2D eigenvalue weighted by molar-refractivity contribution is -0.120. The van der Waals surface area contributed by atoms with E-state index < -0.39 is 19.0 Å². The van der Waals surface area contributed by atoms with Crippen LogP contribution in [0.1, 0.15) is 27.0 Å². The fourth-order valence-electron chi connectivity index (χ4n) is 3.29. The van der Waals surface area contributed by atoms with E-state index >= 15 is 0 Å². The summed E-state index contributed by atoms with van der Waals surface area (Å²) < 4.78 is 5.40. The van der Waals surface area contributed by atoms with E-state index in [0.717, 1.165) is 17.7 Å². The highest BCUT2D eigenvalue weighted by Gasteiger charge is 2.37. The largest absolute Gasteiger partial charge is 0.547 e. The third kappa shape index (κ3) is 4.71. The maximum atomic E-state index is 12.4. The van der Waals surface area contributed by atoms with Gasteiger partial charge in [0.25, 0.3) is 0 Å². The van der Waals surface area contributed by atoms with Gasteiger partial charge >= 0.3 is 13.1 Å². The number of carbonyl (C=O) groups is 2. The molecule has 0 saturated carbocycles. The molecule has 3 rings (SSSR count). The molecule has 0 radical (unpaired) electrons. The number of nitrogens with one attached hydrogen (secondary N) is 1. The van der Waals surface area contributed by atoms with E-state index in [4.69, 9.17) is 4.65 Å². The van der Waals surface area contributed by atoms with Crippen LogP contribution < -0.4 is 9.97 Å². The number of carboxylic acids is 1. The van der Waals surface area contributed by atoms with E-state index in [2.05, 4.69) is 10.2 Å². The van der Waals surface area contributed by atoms with Crippen LogP contribution in [0.3, 0.4) is 0 Å². The Kier molecular flexibility index (Phi) is 6.01. The van der Waals surface area contributed by atoms with Crippen molar-refractivity contribution in [2.75, 3.05) is 14.1 Å². The van der Waals surface area contributed by atoms with Gasteiger partial charge in [0.15, 0.2) is 0 Å². The number of hydrogen-bond donors (Lipinski definition) is 3. The molecule has 0 spiro atoms. The minimum atomic E-state index is -1.31. The van der Waals surface area contributed by atoms with Gasteiger partial charge in [0.2, 0.25) is 5.91 Å². The third-order valence-corrected chi connectivity index (χ3v) is 4.58. The second kappa shape index (κ2) is 8.45. The Hall–Kier alpha value is -2.84. The van der Waals surface area contributed by atoms with Crippen LogP contribution in [0, 0.1) is 0 Å². The van der Waals surface area contributed by atoms with E-state index in [0.29, 0.717) is 12.0 Å². The van der Waals surface area contributed by atoms with E-state index in [1.165, 1.54) is 6.07 Å². The summed E-state index contributed by atoms with van der Waals surface area (Å²) in [5, 5.41) is 22.2. The van der Waals surface area contributed by atoms with Gasteiger partial charge in [-0.3, -0.25) is 4.79 Å². The fraction of sp³-hybridized carbons (Fsp3) is 0.300. The van der Waals surface area contributed by atoms with Gasteiger partial charge < -0.3 is 25.0 Å². The smallest absolute Gasteiger partial charge is 0.534 e. The molecule has 1 aliphatic rings. The molecule has 3 N–H and O–H groups in total. The predicted octanol–water partition coefficient (Wildman–Crippen LogP) is 1.13. The summed E-state index contributed by atoms with van der Waals surface area (Å²) >= 11 is 0. The van der Waals surface area contributed by atoms with Gasteiger partial charge in [-0.25, -0.2) is 4.79 Å². The summed E-state index contributed by atoms with van der Waals surface area (Å²) in [7, 11) is 2.69. The number of amides is 1. The normalized spacial score (nSPS) is 15.7. The summed E-state index contributed by atoms with van der Waals surface area (Å²) in [6, 6.07) is 12.6. The molecule has 0 aromatic heterocycles. The van der Waals surface area contributed by atoms with Crippen LogP contribution in [-0.2, 0) is 24.2 Å². The van der Waals surface area contributed by atoms with Crippen LogP contribution in [0.4, 0.5) is 0 Å². The van der Waals surface area contributed by atoms with E-state index in [-0.39, 0.29) is 23.6 Å². The van der Waals surface area contributed by atoms with Crippen LogP contribution in [0.5, 0.6) is 5.75 Å². The number of aromatic carboxylic acids is 1. The van der Waals surface area contributed by atoms with Crippen molar-refractivity contribution in [3.05, 3.63) is 64.7 Å². The molecular formula is C20H23BN2O5. The van der Waals surface area contributed by atoms with Crippen molar-refractivity contribution in [3.63, 3.8) is 0 Å². The molecular weight excluding hydrogens is 359 g/mol. The standard InChI is InChI=1S/C20H23BN2O5/c1-23(2)12-14-8-6-13(7-9-14)10-18(24)22-17-11-15-4-3-5-16(20(25)26)19(15)28-21(17)27/h3-9,17,27H,10-12H2,1-2H3,(H,22,24)(H,25,26)/t17-/m0/s1. The van der Waals surface area contributed by atoms with Crippen molar-refractivity contribution in [1.82, 2.24) is 10.2 Å². The summed E-state index contributed by atoms with van der Waals surface area (Å²) in [6.45, 7) is 0.829. The molecule has 146 valence electrons. The molecule has 7 nitrogen and oxygen atoms in total. The van der Waals surface area contributed by atoms with Crippen molar-refractivity contribution >= 4 is 19.0 Å². The molecule has 1 heterocycles. The second-order valence-electron chi connectivity index (χ2n) is 7.22. The third-order valence-electron chi connectivity index (χ3n) is 4.58. The van der Waals surface area contributed by atoms with Crippen LogP contribution in [0.15, 0.2) is 42.5 Å². The fourth-order valence-corrected chi connectivity index (χ4v) is 3.29. The van der Waals surface area contributed by atoms with Gasteiger partial charge in [0.05, 0.1) is 17.9 Å². The van der Waals surface area contributed by atoms with Crippen LogP contribution >= 0.6 is 0 Å². The molecule has 0 bridgehead atoms. The zero-order valence-corrected chi connectivity index (χ0v) is 15.9. The Morgan fingerprint density at radius 3 is 2.50 bits per heavy atom. The molecule has 1 aliphatic heterocycles. The average Bonchev–Trinajstić information content (AvgIpc) is 2.63. The van der Waals surface area contributed by atoms with E-state index in [9.17, 15) is 19.7 Å². The predicted molar refractivity (Wildman–Crippen MR) is 105 cm³/mol. The monoisotopic (exact) mass is 382 g/mol. The Labute approximate surface area is 164 Å². The molecule has 0 unspecified atom stereocenters. The summed E-state index contributed by atoms with van der Waals surface area (Å²) in [5.74, 6) is -1.84. The quantitative estimate of drug-likeness (QED) is 0.648. The Morgan fingerprint density at radius 1 is 1.18 bits per heavy atom. The first-order valence-electron chi connectivity index (χ1n) is 9.05. The molecule has 2 aromatic rings. The second-order valence-corrected chi connectivity index (χ2v) is 7.22. The lowest BCUT2D eigenvalue weighted by Gasteiger charge is -2.28. The number of rotatable bonds is 6. The zero-order valence-electron chi connectivity index (χ0n) is 15.9. The lowest BCUT2D eigenvalue weighted by Crippen LogP contribution is -2.53. The van der Waals surface area contributed by atoms with Gasteiger partial charge in [-0.2, -0.15) is 0 Å². The molecule has 0 saturated heterocycles. The number of nitrogens with zero attached hydrogens (tertiary/aromatic N) is 1. The van der Waals surface area contributed by atoms with Crippen LogP contribution in [0.2, 0.25) is 0 Å². The number of para-hydroxylation sites is 1. The van der Waals surface area contributed by atoms with Crippen molar-refractivity contribution in [3.8, 4) is 5.75 Å². The minimum Gasteiger partial charge on any atom is -0.534 e. The maximum absolute atomic E-state index is 12.4.